The van der Waals surface area contributed by atoms with Crippen LogP contribution in [0.3, 0.4) is 0 Å². The highest BCUT2D eigenvalue weighted by molar-refractivity contribution is 6.42. The van der Waals surface area contributed by atoms with Crippen LogP contribution in [0, 0.1) is 13.8 Å². The molecule has 174 valence electrons. The topological polar surface area (TPSA) is 51.5 Å². The van der Waals surface area contributed by atoms with Crippen molar-refractivity contribution in [3.63, 3.8) is 0 Å². The van der Waals surface area contributed by atoms with Crippen LogP contribution in [0.4, 0.5) is 5.69 Å². The number of esters is 1. The van der Waals surface area contributed by atoms with Crippen LogP contribution in [0.5, 0.6) is 0 Å². The summed E-state index contributed by atoms with van der Waals surface area (Å²) in [5.41, 5.74) is 4.80. The average molecular weight is 516 g/mol. The molecule has 0 atom stereocenters. The zero-order chi connectivity index (χ0) is 24.7. The molecule has 0 spiro atoms. The van der Waals surface area contributed by atoms with E-state index in [1.54, 1.807) is 31.2 Å². The first-order valence-electron chi connectivity index (χ1n) is 10.4. The summed E-state index contributed by atoms with van der Waals surface area (Å²) in [6.07, 6.45) is 1.71. The largest absolute Gasteiger partial charge is 0.465 e. The molecule has 0 aliphatic carbocycles. The fourth-order valence-corrected chi connectivity index (χ4v) is 4.72. The van der Waals surface area contributed by atoms with E-state index in [9.17, 15) is 9.59 Å². The molecule has 8 heteroatoms. The summed E-state index contributed by atoms with van der Waals surface area (Å²) in [6.45, 7) is 5.59. The molecule has 0 N–H and O–H groups in total. The van der Waals surface area contributed by atoms with Crippen LogP contribution >= 0.6 is 34.8 Å². The molecule has 1 amide bonds. The first kappa shape index (κ1) is 24.1. The second-order valence-electron chi connectivity index (χ2n) is 7.86. The smallest absolute Gasteiger partial charge is 0.340 e. The highest BCUT2D eigenvalue weighted by Crippen LogP contribution is 2.38. The third-order valence-electron chi connectivity index (χ3n) is 5.81. The number of amides is 1. The number of anilines is 1. The summed E-state index contributed by atoms with van der Waals surface area (Å²) < 4.78 is 7.02. The number of allylic oxidation sites excluding steroid dienone is 1. The Morgan fingerprint density at radius 3 is 2.29 bits per heavy atom. The van der Waals surface area contributed by atoms with E-state index in [-0.39, 0.29) is 17.1 Å². The molecule has 0 unspecified atom stereocenters. The van der Waals surface area contributed by atoms with Crippen molar-refractivity contribution in [1.82, 2.24) is 4.57 Å². The lowest BCUT2D eigenvalue weighted by molar-refractivity contribution is -0.136. The molecule has 1 aromatic heterocycles. The van der Waals surface area contributed by atoms with E-state index >= 15 is 0 Å². The van der Waals surface area contributed by atoms with E-state index < -0.39 is 5.97 Å². The number of rotatable bonds is 4. The van der Waals surface area contributed by atoms with E-state index in [4.69, 9.17) is 39.5 Å². The quantitative estimate of drug-likeness (QED) is 0.280. The fourth-order valence-electron chi connectivity index (χ4n) is 4.21. The first-order valence-corrected chi connectivity index (χ1v) is 11.5. The van der Waals surface area contributed by atoms with Crippen LogP contribution in [-0.2, 0) is 14.3 Å². The molecule has 0 fully saturated rings. The lowest BCUT2D eigenvalue weighted by atomic mass is 10.0. The normalized spacial score (nSPS) is 15.0. The third-order valence-corrected chi connectivity index (χ3v) is 6.87. The van der Waals surface area contributed by atoms with E-state index in [0.29, 0.717) is 26.5 Å². The first-order chi connectivity index (χ1) is 16.1. The van der Waals surface area contributed by atoms with Crippen LogP contribution in [0.25, 0.3) is 11.8 Å². The van der Waals surface area contributed by atoms with Gasteiger partial charge in [-0.1, -0.05) is 46.9 Å². The number of carbonyl (C=O) groups excluding carboxylic acids is 2. The van der Waals surface area contributed by atoms with Gasteiger partial charge in [0.2, 0.25) is 0 Å². The summed E-state index contributed by atoms with van der Waals surface area (Å²) in [5.74, 6) is -0.960. The Balaban J connectivity index is 1.87. The lowest BCUT2D eigenvalue weighted by Gasteiger charge is -2.18. The molecular formula is C26H21Cl3N2O3. The molecule has 2 aromatic carbocycles. The van der Waals surface area contributed by atoms with Crippen molar-refractivity contribution in [2.75, 3.05) is 12.0 Å². The zero-order valence-electron chi connectivity index (χ0n) is 18.9. The zero-order valence-corrected chi connectivity index (χ0v) is 21.2. The molecule has 0 saturated heterocycles. The van der Waals surface area contributed by atoms with E-state index in [1.165, 1.54) is 12.0 Å². The number of nitrogens with zero attached hydrogens (tertiary/aromatic N) is 2. The van der Waals surface area contributed by atoms with Crippen molar-refractivity contribution in [3.05, 3.63) is 97.4 Å². The molecule has 5 nitrogen and oxygen atoms in total. The summed E-state index contributed by atoms with van der Waals surface area (Å²) >= 11 is 18.7. The van der Waals surface area contributed by atoms with Crippen LogP contribution in [0.15, 0.2) is 65.4 Å². The molecular weight excluding hydrogens is 495 g/mol. The Morgan fingerprint density at radius 1 is 0.941 bits per heavy atom. The molecule has 1 aliphatic rings. The van der Waals surface area contributed by atoms with Gasteiger partial charge in [0.25, 0.3) is 5.91 Å². The number of benzene rings is 2. The van der Waals surface area contributed by atoms with Crippen molar-refractivity contribution in [2.24, 2.45) is 0 Å². The maximum atomic E-state index is 13.6. The third kappa shape index (κ3) is 4.05. The summed E-state index contributed by atoms with van der Waals surface area (Å²) in [7, 11) is 1.29. The second-order valence-corrected chi connectivity index (χ2v) is 9.08. The number of ether oxygens (including phenoxy) is 1. The summed E-state index contributed by atoms with van der Waals surface area (Å²) in [4.78, 5) is 27.7. The predicted molar refractivity (Wildman–Crippen MR) is 137 cm³/mol. The van der Waals surface area contributed by atoms with Gasteiger partial charge in [-0.05, 0) is 68.8 Å². The predicted octanol–water partition coefficient (Wildman–Crippen LogP) is 6.93. The van der Waals surface area contributed by atoms with Gasteiger partial charge in [0.15, 0.2) is 0 Å². The number of halogens is 3. The second kappa shape index (κ2) is 9.34. The Hall–Kier alpha value is -2.99. The van der Waals surface area contributed by atoms with Gasteiger partial charge in [-0.2, -0.15) is 0 Å². The number of methoxy groups -OCH3 is 1. The monoisotopic (exact) mass is 514 g/mol. The number of hydrogen-bond acceptors (Lipinski definition) is 3. The van der Waals surface area contributed by atoms with Crippen LogP contribution in [-0.4, -0.2) is 23.6 Å². The molecule has 1 aliphatic heterocycles. The average Bonchev–Trinajstić information content (AvgIpc) is 3.22. The van der Waals surface area contributed by atoms with Gasteiger partial charge in [0, 0.05) is 17.1 Å². The Bertz CT molecular complexity index is 1400. The molecule has 3 aromatic rings. The van der Waals surface area contributed by atoms with E-state index in [2.05, 4.69) is 0 Å². The lowest BCUT2D eigenvalue weighted by Crippen LogP contribution is -2.24. The Kier molecular flexibility index (Phi) is 6.63. The maximum Gasteiger partial charge on any atom is 0.340 e. The van der Waals surface area contributed by atoms with Gasteiger partial charge in [0.1, 0.15) is 0 Å². The number of para-hydroxylation sites is 1. The van der Waals surface area contributed by atoms with Gasteiger partial charge in [-0.15, -0.1) is 0 Å². The minimum atomic E-state index is -0.598. The molecule has 34 heavy (non-hydrogen) atoms. The molecule has 0 radical (unpaired) electrons. The van der Waals surface area contributed by atoms with Gasteiger partial charge in [-0.3, -0.25) is 9.69 Å². The molecule has 0 saturated carbocycles. The highest BCUT2D eigenvalue weighted by atomic mass is 35.5. The Morgan fingerprint density at radius 2 is 1.65 bits per heavy atom. The Labute approximate surface area is 212 Å². The van der Waals surface area contributed by atoms with Crippen molar-refractivity contribution >= 4 is 58.4 Å². The molecule has 0 bridgehead atoms. The van der Waals surface area contributed by atoms with Crippen molar-refractivity contribution < 1.29 is 14.3 Å². The fraction of sp³-hybridized carbons (Fsp3) is 0.154. The van der Waals surface area contributed by atoms with Crippen LogP contribution in [0.1, 0.15) is 23.9 Å². The van der Waals surface area contributed by atoms with E-state index in [0.717, 1.165) is 22.6 Å². The van der Waals surface area contributed by atoms with Gasteiger partial charge >= 0.3 is 5.97 Å². The standard InChI is InChI=1S/C26H21Cl3N2O3/c1-14-11-17(15(2)30(14)23-8-6-5-7-21(23)28)12-19-24(26(33)34-4)16(3)31(25(19)32)18-9-10-20(27)22(29)13-18/h5-13H,1-4H3/b19-12-. The van der Waals surface area contributed by atoms with Gasteiger partial charge in [0.05, 0.1) is 44.7 Å². The van der Waals surface area contributed by atoms with Crippen molar-refractivity contribution in [3.8, 4) is 5.69 Å². The number of hydrogen-bond donors (Lipinski definition) is 0. The summed E-state index contributed by atoms with van der Waals surface area (Å²) in [6, 6.07) is 14.4. The number of aromatic nitrogens is 1. The number of aryl methyl sites for hydroxylation is 1. The van der Waals surface area contributed by atoms with Crippen LogP contribution < -0.4 is 4.90 Å². The number of carbonyl (C=O) groups is 2. The molecule has 2 heterocycles. The van der Waals surface area contributed by atoms with Gasteiger partial charge < -0.3 is 9.30 Å². The summed E-state index contributed by atoms with van der Waals surface area (Å²) in [5, 5.41) is 1.28. The SMILES string of the molecule is COC(=O)C1=C(C)N(c2ccc(Cl)c(Cl)c2)C(=O)/C1=C\c1cc(C)n(-c2ccccc2Cl)c1C. The van der Waals surface area contributed by atoms with E-state index in [1.807, 2.05) is 48.7 Å². The highest BCUT2D eigenvalue weighted by Gasteiger charge is 2.38. The molecule has 4 rings (SSSR count). The minimum Gasteiger partial charge on any atom is -0.465 e. The minimum absolute atomic E-state index is 0.195. The van der Waals surface area contributed by atoms with Crippen LogP contribution in [0.2, 0.25) is 15.1 Å². The maximum absolute atomic E-state index is 13.6. The van der Waals surface area contributed by atoms with Crippen molar-refractivity contribution in [2.45, 2.75) is 20.8 Å². The van der Waals surface area contributed by atoms with Gasteiger partial charge in [-0.25, -0.2) is 4.79 Å². The van der Waals surface area contributed by atoms with Crippen molar-refractivity contribution in [1.29, 1.82) is 0 Å².